The highest BCUT2D eigenvalue weighted by molar-refractivity contribution is 9.10. The van der Waals surface area contributed by atoms with Gasteiger partial charge in [-0.3, -0.25) is 4.21 Å². The van der Waals surface area contributed by atoms with Crippen molar-refractivity contribution in [3.8, 4) is 0 Å². The third-order valence-electron chi connectivity index (χ3n) is 2.14. The maximum absolute atomic E-state index is 10.9. The van der Waals surface area contributed by atoms with Crippen LogP contribution < -0.4 is 5.32 Å². The van der Waals surface area contributed by atoms with E-state index in [1.54, 1.807) is 17.6 Å². The molecule has 86 valence electrons. The molecule has 1 heterocycles. The SMILES string of the molecule is CC(CCS(C)=O)NCc1sccc1Br. The first-order valence-corrected chi connectivity index (χ1v) is 8.25. The second-order valence-corrected chi connectivity index (χ2v) is 6.95. The van der Waals surface area contributed by atoms with E-state index in [1.807, 2.05) is 0 Å². The molecule has 1 aromatic heterocycles. The largest absolute Gasteiger partial charge is 0.309 e. The number of rotatable bonds is 6. The fourth-order valence-corrected chi connectivity index (χ4v) is 3.29. The van der Waals surface area contributed by atoms with E-state index in [0.717, 1.165) is 18.7 Å². The Bertz CT molecular complexity index is 327. The quantitative estimate of drug-likeness (QED) is 0.875. The Balaban J connectivity index is 2.25. The smallest absolute Gasteiger partial charge is 0.0327 e. The van der Waals surface area contributed by atoms with E-state index in [-0.39, 0.29) is 0 Å². The van der Waals surface area contributed by atoms with Gasteiger partial charge in [0.1, 0.15) is 0 Å². The minimum atomic E-state index is -0.677. The van der Waals surface area contributed by atoms with Crippen molar-refractivity contribution in [3.63, 3.8) is 0 Å². The van der Waals surface area contributed by atoms with Gasteiger partial charge in [0.2, 0.25) is 0 Å². The first kappa shape index (κ1) is 13.4. The number of hydrogen-bond acceptors (Lipinski definition) is 3. The summed E-state index contributed by atoms with van der Waals surface area (Å²) in [5.41, 5.74) is 0. The van der Waals surface area contributed by atoms with E-state index in [2.05, 4.69) is 39.6 Å². The van der Waals surface area contributed by atoms with Crippen molar-refractivity contribution in [2.75, 3.05) is 12.0 Å². The van der Waals surface area contributed by atoms with Gasteiger partial charge >= 0.3 is 0 Å². The van der Waals surface area contributed by atoms with Gasteiger partial charge in [0, 0.05) is 44.7 Å². The minimum Gasteiger partial charge on any atom is -0.309 e. The molecule has 1 N–H and O–H groups in total. The van der Waals surface area contributed by atoms with Crippen LogP contribution in [0.4, 0.5) is 0 Å². The fourth-order valence-electron chi connectivity index (χ4n) is 1.16. The highest BCUT2D eigenvalue weighted by atomic mass is 79.9. The summed E-state index contributed by atoms with van der Waals surface area (Å²) in [6, 6.07) is 2.48. The highest BCUT2D eigenvalue weighted by Crippen LogP contribution is 2.22. The molecule has 0 bridgehead atoms. The van der Waals surface area contributed by atoms with Crippen molar-refractivity contribution in [2.45, 2.75) is 25.9 Å². The molecule has 0 spiro atoms. The Morgan fingerprint density at radius 3 is 2.93 bits per heavy atom. The van der Waals surface area contributed by atoms with Crippen molar-refractivity contribution >= 4 is 38.1 Å². The maximum atomic E-state index is 10.9. The zero-order valence-electron chi connectivity index (χ0n) is 8.96. The molecule has 2 atom stereocenters. The summed E-state index contributed by atoms with van der Waals surface area (Å²) < 4.78 is 12.1. The Morgan fingerprint density at radius 1 is 1.67 bits per heavy atom. The van der Waals surface area contributed by atoms with Crippen LogP contribution in [0.5, 0.6) is 0 Å². The van der Waals surface area contributed by atoms with E-state index >= 15 is 0 Å². The van der Waals surface area contributed by atoms with Gasteiger partial charge in [-0.2, -0.15) is 0 Å². The standard InChI is InChI=1S/C10H16BrNOS2/c1-8(4-6-15(2)13)12-7-10-9(11)3-5-14-10/h3,5,8,12H,4,6-7H2,1-2H3. The van der Waals surface area contributed by atoms with E-state index in [0.29, 0.717) is 6.04 Å². The Morgan fingerprint density at radius 2 is 2.40 bits per heavy atom. The summed E-state index contributed by atoms with van der Waals surface area (Å²) in [7, 11) is -0.677. The monoisotopic (exact) mass is 309 g/mol. The molecular weight excluding hydrogens is 294 g/mol. The lowest BCUT2D eigenvalue weighted by molar-refractivity contribution is 0.537. The number of halogens is 1. The summed E-state index contributed by atoms with van der Waals surface area (Å²) >= 11 is 5.25. The van der Waals surface area contributed by atoms with Gasteiger partial charge in [0.15, 0.2) is 0 Å². The first-order chi connectivity index (χ1) is 7.09. The normalized spacial score (nSPS) is 15.1. The second kappa shape index (κ2) is 6.78. The molecule has 2 unspecified atom stereocenters. The first-order valence-electron chi connectivity index (χ1n) is 4.85. The molecule has 0 amide bonds. The molecule has 5 heteroatoms. The Kier molecular flexibility index (Phi) is 6.04. The molecule has 1 aromatic rings. The fraction of sp³-hybridized carbons (Fsp3) is 0.600. The van der Waals surface area contributed by atoms with Gasteiger partial charge in [-0.1, -0.05) is 0 Å². The predicted octanol–water partition coefficient (Wildman–Crippen LogP) is 2.76. The van der Waals surface area contributed by atoms with Gasteiger partial charge < -0.3 is 5.32 Å². The molecule has 0 aromatic carbocycles. The zero-order chi connectivity index (χ0) is 11.3. The van der Waals surface area contributed by atoms with Crippen LogP contribution in [-0.2, 0) is 17.3 Å². The van der Waals surface area contributed by atoms with Gasteiger partial charge in [0.25, 0.3) is 0 Å². The molecule has 0 aliphatic heterocycles. The third kappa shape index (κ3) is 5.24. The van der Waals surface area contributed by atoms with Gasteiger partial charge in [0.05, 0.1) is 0 Å². The van der Waals surface area contributed by atoms with Crippen LogP contribution in [0, 0.1) is 0 Å². The van der Waals surface area contributed by atoms with Crippen molar-refractivity contribution in [1.29, 1.82) is 0 Å². The average Bonchev–Trinajstić information content (AvgIpc) is 2.58. The van der Waals surface area contributed by atoms with Crippen molar-refractivity contribution in [2.24, 2.45) is 0 Å². The third-order valence-corrected chi connectivity index (χ3v) is 4.88. The van der Waals surface area contributed by atoms with Crippen LogP contribution in [0.2, 0.25) is 0 Å². The van der Waals surface area contributed by atoms with Crippen molar-refractivity contribution in [3.05, 3.63) is 20.8 Å². The topological polar surface area (TPSA) is 29.1 Å². The second-order valence-electron chi connectivity index (χ2n) is 3.54. The molecule has 1 rings (SSSR count). The number of hydrogen-bond donors (Lipinski definition) is 1. The van der Waals surface area contributed by atoms with Crippen molar-refractivity contribution < 1.29 is 4.21 Å². The lowest BCUT2D eigenvalue weighted by atomic mass is 10.2. The van der Waals surface area contributed by atoms with E-state index < -0.39 is 10.8 Å². The zero-order valence-corrected chi connectivity index (χ0v) is 12.2. The lowest BCUT2D eigenvalue weighted by Gasteiger charge is -2.12. The molecule has 0 fully saturated rings. The summed E-state index contributed by atoms with van der Waals surface area (Å²) in [5.74, 6) is 0.778. The van der Waals surface area contributed by atoms with Gasteiger partial charge in [-0.15, -0.1) is 11.3 Å². The van der Waals surface area contributed by atoms with E-state index in [4.69, 9.17) is 0 Å². The molecule has 0 aliphatic carbocycles. The lowest BCUT2D eigenvalue weighted by Crippen LogP contribution is -2.26. The highest BCUT2D eigenvalue weighted by Gasteiger charge is 2.05. The van der Waals surface area contributed by atoms with Crippen LogP contribution in [0.1, 0.15) is 18.2 Å². The van der Waals surface area contributed by atoms with Gasteiger partial charge in [-0.25, -0.2) is 0 Å². The molecule has 0 radical (unpaired) electrons. The van der Waals surface area contributed by atoms with Crippen LogP contribution in [0.3, 0.4) is 0 Å². The van der Waals surface area contributed by atoms with Gasteiger partial charge in [-0.05, 0) is 40.7 Å². The summed E-state index contributed by atoms with van der Waals surface area (Å²) in [4.78, 5) is 1.32. The summed E-state index contributed by atoms with van der Waals surface area (Å²) in [6.07, 6.45) is 2.72. The average molecular weight is 310 g/mol. The van der Waals surface area contributed by atoms with E-state index in [1.165, 1.54) is 9.35 Å². The number of nitrogens with one attached hydrogen (secondary N) is 1. The molecule has 2 nitrogen and oxygen atoms in total. The van der Waals surface area contributed by atoms with E-state index in [9.17, 15) is 4.21 Å². The summed E-state index contributed by atoms with van der Waals surface area (Å²) in [5, 5.41) is 5.50. The van der Waals surface area contributed by atoms with Crippen LogP contribution in [0.25, 0.3) is 0 Å². The number of thiophene rings is 1. The molecule has 0 saturated heterocycles. The molecule has 0 aliphatic rings. The molecule has 15 heavy (non-hydrogen) atoms. The molecule has 0 saturated carbocycles. The predicted molar refractivity (Wildman–Crippen MR) is 71.9 cm³/mol. The van der Waals surface area contributed by atoms with Crippen LogP contribution in [-0.4, -0.2) is 22.3 Å². The molecular formula is C10H16BrNOS2. The van der Waals surface area contributed by atoms with Crippen LogP contribution >= 0.6 is 27.3 Å². The minimum absolute atomic E-state index is 0.419. The Hall–Kier alpha value is 0.290. The van der Waals surface area contributed by atoms with Crippen LogP contribution in [0.15, 0.2) is 15.9 Å². The Labute approximate surface area is 106 Å². The summed E-state index contributed by atoms with van der Waals surface area (Å²) in [6.45, 7) is 3.02. The maximum Gasteiger partial charge on any atom is 0.0327 e. The van der Waals surface area contributed by atoms with Crippen molar-refractivity contribution in [1.82, 2.24) is 5.32 Å².